The number of nitrogens with zero attached hydrogens (tertiary/aromatic N) is 3. The van der Waals surface area contributed by atoms with Gasteiger partial charge in [0.15, 0.2) is 0 Å². The maximum absolute atomic E-state index is 13.9. The molecular weight excluding hydrogens is 480 g/mol. The number of urea groups is 1. The molecule has 3 amide bonds. The van der Waals surface area contributed by atoms with Gasteiger partial charge in [-0.15, -0.1) is 0 Å². The van der Waals surface area contributed by atoms with Crippen LogP contribution < -0.4 is 10.1 Å². The molecule has 1 unspecified atom stereocenters. The predicted molar refractivity (Wildman–Crippen MR) is 144 cm³/mol. The standard InChI is InChI=1S/C30H40N4O4/c1-37-12-11-33(29(36)31-30-17-21-13-22(18-30)15-23(14-21)19-30)20-27(35)34-10-9-32-8-4-7-26(32)28(34)24-5-3-6-25(16-24)38-2/h3-8,16,21-23,28H,9-15,17-20H2,1-2H3,(H,31,36). The van der Waals surface area contributed by atoms with Crippen molar-refractivity contribution in [2.75, 3.05) is 40.5 Å². The van der Waals surface area contributed by atoms with Crippen LogP contribution in [0.2, 0.25) is 0 Å². The first-order chi connectivity index (χ1) is 18.5. The van der Waals surface area contributed by atoms with Crippen molar-refractivity contribution in [1.29, 1.82) is 0 Å². The lowest BCUT2D eigenvalue weighted by Gasteiger charge is -2.57. The minimum Gasteiger partial charge on any atom is -0.497 e. The zero-order chi connectivity index (χ0) is 26.3. The largest absolute Gasteiger partial charge is 0.497 e. The fraction of sp³-hybridized carbons (Fsp3) is 0.600. The summed E-state index contributed by atoms with van der Waals surface area (Å²) in [6.45, 7) is 2.12. The van der Waals surface area contributed by atoms with Gasteiger partial charge >= 0.3 is 6.03 Å². The van der Waals surface area contributed by atoms with Crippen LogP contribution in [0.25, 0.3) is 0 Å². The highest BCUT2D eigenvalue weighted by Crippen LogP contribution is 2.55. The number of hydrogen-bond acceptors (Lipinski definition) is 4. The van der Waals surface area contributed by atoms with E-state index in [0.29, 0.717) is 19.7 Å². The molecule has 204 valence electrons. The van der Waals surface area contributed by atoms with Crippen molar-refractivity contribution < 1.29 is 19.1 Å². The van der Waals surface area contributed by atoms with Crippen LogP contribution in [0.1, 0.15) is 55.8 Å². The first-order valence-corrected chi connectivity index (χ1v) is 14.1. The summed E-state index contributed by atoms with van der Waals surface area (Å²) in [6, 6.07) is 11.6. The number of benzene rings is 1. The smallest absolute Gasteiger partial charge is 0.318 e. The van der Waals surface area contributed by atoms with Crippen LogP contribution in [0.3, 0.4) is 0 Å². The maximum Gasteiger partial charge on any atom is 0.318 e. The van der Waals surface area contributed by atoms with Gasteiger partial charge in [0.25, 0.3) is 0 Å². The Bertz CT molecular complexity index is 1140. The summed E-state index contributed by atoms with van der Waals surface area (Å²) in [5.74, 6) is 2.92. The molecule has 8 nitrogen and oxygen atoms in total. The normalized spacial score (nSPS) is 29.2. The topological polar surface area (TPSA) is 76.0 Å². The molecular formula is C30H40N4O4. The van der Waals surface area contributed by atoms with Gasteiger partial charge in [-0.25, -0.2) is 4.79 Å². The van der Waals surface area contributed by atoms with Crippen molar-refractivity contribution in [2.45, 2.75) is 56.7 Å². The molecule has 4 aliphatic carbocycles. The first kappa shape index (κ1) is 25.3. The summed E-state index contributed by atoms with van der Waals surface area (Å²) in [7, 11) is 3.29. The van der Waals surface area contributed by atoms with Crippen molar-refractivity contribution in [1.82, 2.24) is 19.7 Å². The second-order valence-electron chi connectivity index (χ2n) is 11.9. The Morgan fingerprint density at radius 3 is 2.45 bits per heavy atom. The average molecular weight is 521 g/mol. The number of aromatic nitrogens is 1. The number of nitrogens with one attached hydrogen (secondary N) is 1. The lowest BCUT2D eigenvalue weighted by atomic mass is 9.53. The van der Waals surface area contributed by atoms with Gasteiger partial charge in [0.1, 0.15) is 12.3 Å². The van der Waals surface area contributed by atoms with E-state index in [9.17, 15) is 9.59 Å². The number of rotatable bonds is 8. The third-order valence-electron chi connectivity index (χ3n) is 9.36. The predicted octanol–water partition coefficient (Wildman–Crippen LogP) is 4.06. The summed E-state index contributed by atoms with van der Waals surface area (Å²) >= 11 is 0. The van der Waals surface area contributed by atoms with E-state index in [1.165, 1.54) is 19.3 Å². The average Bonchev–Trinajstić information content (AvgIpc) is 3.38. The molecule has 1 aliphatic heterocycles. The van der Waals surface area contributed by atoms with E-state index in [2.05, 4.69) is 22.1 Å². The number of carbonyl (C=O) groups excluding carboxylic acids is 2. The molecule has 4 bridgehead atoms. The lowest BCUT2D eigenvalue weighted by Crippen LogP contribution is -2.62. The lowest BCUT2D eigenvalue weighted by molar-refractivity contribution is -0.134. The highest BCUT2D eigenvalue weighted by molar-refractivity contribution is 5.85. The number of hydrogen-bond donors (Lipinski definition) is 1. The second kappa shape index (κ2) is 10.3. The van der Waals surface area contributed by atoms with Gasteiger partial charge in [-0.05, 0) is 86.1 Å². The number of ether oxygens (including phenoxy) is 2. The van der Waals surface area contributed by atoms with Crippen molar-refractivity contribution in [2.24, 2.45) is 17.8 Å². The third kappa shape index (κ3) is 4.79. The molecule has 0 radical (unpaired) electrons. The summed E-state index contributed by atoms with van der Waals surface area (Å²) in [5.41, 5.74) is 1.97. The molecule has 0 spiro atoms. The number of methoxy groups -OCH3 is 2. The van der Waals surface area contributed by atoms with E-state index in [-0.39, 0.29) is 30.1 Å². The van der Waals surface area contributed by atoms with E-state index in [1.54, 1.807) is 19.1 Å². The fourth-order valence-corrected chi connectivity index (χ4v) is 8.09. The van der Waals surface area contributed by atoms with Gasteiger partial charge in [0.2, 0.25) is 5.91 Å². The van der Waals surface area contributed by atoms with E-state index >= 15 is 0 Å². The molecule has 1 atom stereocenters. The highest BCUT2D eigenvalue weighted by Gasteiger charge is 2.52. The maximum atomic E-state index is 13.9. The summed E-state index contributed by atoms with van der Waals surface area (Å²) in [6.07, 6.45) is 9.28. The van der Waals surface area contributed by atoms with Gasteiger partial charge in [-0.2, -0.15) is 0 Å². The highest BCUT2D eigenvalue weighted by atomic mass is 16.5. The molecule has 38 heavy (non-hydrogen) atoms. The molecule has 4 saturated carbocycles. The second-order valence-corrected chi connectivity index (χ2v) is 11.9. The fourth-order valence-electron chi connectivity index (χ4n) is 8.09. The van der Waals surface area contributed by atoms with Gasteiger partial charge in [-0.3, -0.25) is 4.79 Å². The van der Waals surface area contributed by atoms with Crippen LogP contribution in [-0.2, 0) is 16.1 Å². The van der Waals surface area contributed by atoms with Gasteiger partial charge in [-0.1, -0.05) is 12.1 Å². The summed E-state index contributed by atoms with van der Waals surface area (Å²) in [5, 5.41) is 3.45. The summed E-state index contributed by atoms with van der Waals surface area (Å²) in [4.78, 5) is 31.2. The van der Waals surface area contributed by atoms with Gasteiger partial charge in [0, 0.05) is 44.2 Å². The minimum absolute atomic E-state index is 0.0305. The van der Waals surface area contributed by atoms with Gasteiger partial charge in [0.05, 0.1) is 19.8 Å². The van der Waals surface area contributed by atoms with Crippen LogP contribution in [0, 0.1) is 17.8 Å². The van der Waals surface area contributed by atoms with E-state index in [4.69, 9.17) is 9.47 Å². The Balaban J connectivity index is 1.22. The molecule has 1 aromatic carbocycles. The van der Waals surface area contributed by atoms with E-state index < -0.39 is 0 Å². The molecule has 2 aromatic rings. The van der Waals surface area contributed by atoms with Crippen LogP contribution >= 0.6 is 0 Å². The van der Waals surface area contributed by atoms with Crippen molar-refractivity contribution >= 4 is 11.9 Å². The minimum atomic E-state index is -0.239. The Hall–Kier alpha value is -3.00. The van der Waals surface area contributed by atoms with Crippen molar-refractivity contribution in [3.8, 4) is 5.75 Å². The Morgan fingerprint density at radius 2 is 1.76 bits per heavy atom. The van der Waals surface area contributed by atoms with Crippen molar-refractivity contribution in [3.63, 3.8) is 0 Å². The molecule has 8 heteroatoms. The Morgan fingerprint density at radius 1 is 1.03 bits per heavy atom. The van der Waals surface area contributed by atoms with Gasteiger partial charge < -0.3 is 29.2 Å². The van der Waals surface area contributed by atoms with Crippen LogP contribution in [0.15, 0.2) is 42.6 Å². The molecule has 7 rings (SSSR count). The molecule has 4 fully saturated rings. The van der Waals surface area contributed by atoms with Crippen LogP contribution in [-0.4, -0.2) is 72.3 Å². The molecule has 5 aliphatic rings. The van der Waals surface area contributed by atoms with Crippen LogP contribution in [0.4, 0.5) is 4.79 Å². The van der Waals surface area contributed by atoms with E-state index in [0.717, 1.165) is 60.6 Å². The molecule has 2 heterocycles. The zero-order valence-electron chi connectivity index (χ0n) is 22.6. The first-order valence-electron chi connectivity index (χ1n) is 14.1. The third-order valence-corrected chi connectivity index (χ3v) is 9.36. The Kier molecular flexibility index (Phi) is 6.84. The zero-order valence-corrected chi connectivity index (χ0v) is 22.6. The SMILES string of the molecule is COCCN(CC(=O)N1CCn2cccc2C1c1cccc(OC)c1)C(=O)NC12CC3CC(CC(C3)C1)C2. The number of carbonyl (C=O) groups is 2. The monoisotopic (exact) mass is 520 g/mol. The molecule has 1 aromatic heterocycles. The van der Waals surface area contributed by atoms with E-state index in [1.807, 2.05) is 35.2 Å². The Labute approximate surface area is 225 Å². The number of fused-ring (bicyclic) bond motifs is 1. The van der Waals surface area contributed by atoms with Crippen LogP contribution in [0.5, 0.6) is 5.75 Å². The van der Waals surface area contributed by atoms with Crippen molar-refractivity contribution in [3.05, 3.63) is 53.9 Å². The molecule has 0 saturated heterocycles. The summed E-state index contributed by atoms with van der Waals surface area (Å²) < 4.78 is 13.0. The molecule has 1 N–H and O–H groups in total. The quantitative estimate of drug-likeness (QED) is 0.570. The number of amides is 3.